The molecule has 2 atom stereocenters. The Hall–Kier alpha value is -3.39. The Labute approximate surface area is 193 Å². The van der Waals surface area contributed by atoms with Crippen molar-refractivity contribution in [3.63, 3.8) is 0 Å². The van der Waals surface area contributed by atoms with Gasteiger partial charge in [0.05, 0.1) is 0 Å². The Balaban J connectivity index is 1.41. The van der Waals surface area contributed by atoms with Crippen molar-refractivity contribution in [2.24, 2.45) is 5.92 Å². The van der Waals surface area contributed by atoms with Crippen LogP contribution in [0.1, 0.15) is 43.2 Å². The van der Waals surface area contributed by atoms with Crippen LogP contribution in [0.25, 0.3) is 11.1 Å². The molecule has 8 heteroatoms. The average molecular weight is 455 g/mol. The van der Waals surface area contributed by atoms with Gasteiger partial charge in [-0.2, -0.15) is 0 Å². The molecular formula is C25H30N2O6. The molecule has 2 aromatic carbocycles. The van der Waals surface area contributed by atoms with Crippen LogP contribution in [0.5, 0.6) is 0 Å². The molecular weight excluding hydrogens is 424 g/mol. The molecule has 3 rings (SSSR count). The fraction of sp³-hybridized carbons (Fsp3) is 0.400. The Kier molecular flexibility index (Phi) is 8.43. The minimum Gasteiger partial charge on any atom is -0.480 e. The van der Waals surface area contributed by atoms with Crippen molar-refractivity contribution in [2.75, 3.05) is 19.8 Å². The minimum atomic E-state index is -1.18. The zero-order valence-corrected chi connectivity index (χ0v) is 18.6. The molecule has 1 unspecified atom stereocenters. The standard InChI is InChI=1S/C25H30N2O6/c1-16(14-23(29)27-22(11-13-28)24(30)31)10-12-26-25(32)33-15-21-19-8-4-2-6-17(19)18-7-3-5-9-20(18)21/h2-9,16,21-22,28H,10-15H2,1H3,(H,26,32)(H,27,29)(H,30,31)/t16?,22-/m0/s1. The summed E-state index contributed by atoms with van der Waals surface area (Å²) in [7, 11) is 0. The number of carbonyl (C=O) groups is 3. The van der Waals surface area contributed by atoms with Gasteiger partial charge in [-0.15, -0.1) is 0 Å². The first-order chi connectivity index (χ1) is 15.9. The molecule has 33 heavy (non-hydrogen) atoms. The van der Waals surface area contributed by atoms with Crippen molar-refractivity contribution < 1.29 is 29.3 Å². The number of alkyl carbamates (subject to hydrolysis) is 1. The van der Waals surface area contributed by atoms with Crippen LogP contribution in [0.3, 0.4) is 0 Å². The lowest BCUT2D eigenvalue weighted by molar-refractivity contribution is -0.142. The first-order valence-corrected chi connectivity index (χ1v) is 11.1. The lowest BCUT2D eigenvalue weighted by atomic mass is 9.98. The molecule has 0 fully saturated rings. The van der Waals surface area contributed by atoms with Crippen molar-refractivity contribution in [1.82, 2.24) is 10.6 Å². The van der Waals surface area contributed by atoms with E-state index >= 15 is 0 Å². The van der Waals surface area contributed by atoms with Gasteiger partial charge in [-0.25, -0.2) is 9.59 Å². The lowest BCUT2D eigenvalue weighted by Gasteiger charge is -2.17. The molecule has 8 nitrogen and oxygen atoms in total. The maximum absolute atomic E-state index is 12.2. The van der Waals surface area contributed by atoms with E-state index in [0.29, 0.717) is 13.0 Å². The summed E-state index contributed by atoms with van der Waals surface area (Å²) in [6.45, 7) is 2.10. The molecule has 0 heterocycles. The quantitative estimate of drug-likeness (QED) is 0.414. The number of hydrogen-bond acceptors (Lipinski definition) is 5. The average Bonchev–Trinajstić information content (AvgIpc) is 3.11. The largest absolute Gasteiger partial charge is 0.480 e. The number of aliphatic carboxylic acids is 1. The van der Waals surface area contributed by atoms with Crippen LogP contribution in [0.2, 0.25) is 0 Å². The third-order valence-corrected chi connectivity index (χ3v) is 5.84. The zero-order valence-electron chi connectivity index (χ0n) is 18.6. The summed E-state index contributed by atoms with van der Waals surface area (Å²) in [4.78, 5) is 35.3. The molecule has 0 aromatic heterocycles. The number of hydrogen-bond donors (Lipinski definition) is 4. The van der Waals surface area contributed by atoms with Crippen molar-refractivity contribution in [3.8, 4) is 11.1 Å². The van der Waals surface area contributed by atoms with Crippen molar-refractivity contribution in [3.05, 3.63) is 59.7 Å². The van der Waals surface area contributed by atoms with Crippen LogP contribution in [-0.2, 0) is 14.3 Å². The van der Waals surface area contributed by atoms with Gasteiger partial charge in [-0.05, 0) is 34.6 Å². The van der Waals surface area contributed by atoms with Gasteiger partial charge in [0, 0.05) is 31.9 Å². The number of carboxylic acid groups (broad SMARTS) is 1. The number of carboxylic acids is 1. The summed E-state index contributed by atoms with van der Waals surface area (Å²) in [5, 5.41) is 23.1. The van der Waals surface area contributed by atoms with Gasteiger partial charge in [-0.1, -0.05) is 55.5 Å². The third-order valence-electron chi connectivity index (χ3n) is 5.84. The van der Waals surface area contributed by atoms with Gasteiger partial charge in [0.15, 0.2) is 0 Å². The second-order valence-electron chi connectivity index (χ2n) is 8.32. The van der Waals surface area contributed by atoms with Crippen molar-refractivity contribution in [1.29, 1.82) is 0 Å². The normalized spacial score (nSPS) is 14.0. The number of nitrogens with one attached hydrogen (secondary N) is 2. The molecule has 1 aliphatic carbocycles. The molecule has 0 saturated heterocycles. The predicted octanol–water partition coefficient (Wildman–Crippen LogP) is 2.89. The van der Waals surface area contributed by atoms with Crippen LogP contribution in [0, 0.1) is 5.92 Å². The Morgan fingerprint density at radius 2 is 1.61 bits per heavy atom. The van der Waals surface area contributed by atoms with E-state index in [1.54, 1.807) is 0 Å². The molecule has 0 saturated carbocycles. The molecule has 2 aromatic rings. The number of rotatable bonds is 11. The van der Waals surface area contributed by atoms with E-state index in [-0.39, 0.29) is 37.9 Å². The van der Waals surface area contributed by atoms with Crippen molar-refractivity contribution in [2.45, 2.75) is 38.1 Å². The van der Waals surface area contributed by atoms with Gasteiger partial charge in [-0.3, -0.25) is 4.79 Å². The summed E-state index contributed by atoms with van der Waals surface area (Å²) in [6, 6.07) is 15.1. The summed E-state index contributed by atoms with van der Waals surface area (Å²) < 4.78 is 5.49. The number of aliphatic hydroxyl groups excluding tert-OH is 1. The van der Waals surface area contributed by atoms with Crippen LogP contribution in [0.15, 0.2) is 48.5 Å². The molecule has 1 aliphatic rings. The van der Waals surface area contributed by atoms with E-state index in [9.17, 15) is 14.4 Å². The first-order valence-electron chi connectivity index (χ1n) is 11.1. The Morgan fingerprint density at radius 3 is 2.18 bits per heavy atom. The number of benzene rings is 2. The number of ether oxygens (including phenoxy) is 1. The second-order valence-corrected chi connectivity index (χ2v) is 8.32. The SMILES string of the molecule is CC(CCNC(=O)OCC1c2ccccc2-c2ccccc21)CC(=O)N[C@@H](CCO)C(=O)O. The van der Waals surface area contributed by atoms with Crippen LogP contribution in [0.4, 0.5) is 4.79 Å². The molecule has 2 amide bonds. The fourth-order valence-corrected chi connectivity index (χ4v) is 4.13. The molecule has 4 N–H and O–H groups in total. The van der Waals surface area contributed by atoms with E-state index < -0.39 is 24.0 Å². The number of fused-ring (bicyclic) bond motifs is 3. The van der Waals surface area contributed by atoms with Crippen molar-refractivity contribution >= 4 is 18.0 Å². The third kappa shape index (κ3) is 6.32. The summed E-state index contributed by atoms with van der Waals surface area (Å²) in [6.07, 6.45) is 0.109. The predicted molar refractivity (Wildman–Crippen MR) is 123 cm³/mol. The monoisotopic (exact) mass is 454 g/mol. The Bertz CT molecular complexity index is 947. The topological polar surface area (TPSA) is 125 Å². The zero-order chi connectivity index (χ0) is 23.8. The molecule has 0 spiro atoms. The number of aliphatic hydroxyl groups is 1. The van der Waals surface area contributed by atoms with Crippen LogP contribution in [-0.4, -0.2) is 54.0 Å². The van der Waals surface area contributed by atoms with Crippen LogP contribution >= 0.6 is 0 Å². The molecule has 176 valence electrons. The maximum Gasteiger partial charge on any atom is 0.407 e. The van der Waals surface area contributed by atoms with E-state index in [2.05, 4.69) is 34.9 Å². The summed E-state index contributed by atoms with van der Waals surface area (Å²) >= 11 is 0. The van der Waals surface area contributed by atoms with Gasteiger partial charge >= 0.3 is 12.1 Å². The second kappa shape index (κ2) is 11.5. The highest BCUT2D eigenvalue weighted by Crippen LogP contribution is 2.44. The molecule has 0 aliphatic heterocycles. The van der Waals surface area contributed by atoms with Gasteiger partial charge in [0.2, 0.25) is 5.91 Å². The van der Waals surface area contributed by atoms with Gasteiger partial charge in [0.25, 0.3) is 0 Å². The van der Waals surface area contributed by atoms with Gasteiger partial charge in [0.1, 0.15) is 12.6 Å². The number of carbonyl (C=O) groups excluding carboxylic acids is 2. The highest BCUT2D eigenvalue weighted by atomic mass is 16.5. The minimum absolute atomic E-state index is 0.00753. The smallest absolute Gasteiger partial charge is 0.407 e. The Morgan fingerprint density at radius 1 is 1.00 bits per heavy atom. The van der Waals surface area contributed by atoms with E-state index in [0.717, 1.165) is 11.1 Å². The maximum atomic E-state index is 12.2. The van der Waals surface area contributed by atoms with E-state index in [1.807, 2.05) is 31.2 Å². The number of amides is 2. The lowest BCUT2D eigenvalue weighted by Crippen LogP contribution is -2.42. The highest BCUT2D eigenvalue weighted by Gasteiger charge is 2.29. The molecule has 0 bridgehead atoms. The van der Waals surface area contributed by atoms with E-state index in [1.165, 1.54) is 11.1 Å². The first kappa shape index (κ1) is 24.3. The summed E-state index contributed by atoms with van der Waals surface area (Å²) in [5.74, 6) is -1.65. The summed E-state index contributed by atoms with van der Waals surface area (Å²) in [5.41, 5.74) is 4.62. The highest BCUT2D eigenvalue weighted by molar-refractivity contribution is 5.83. The fourth-order valence-electron chi connectivity index (χ4n) is 4.13. The van der Waals surface area contributed by atoms with E-state index in [4.69, 9.17) is 14.9 Å². The van der Waals surface area contributed by atoms with Crippen LogP contribution < -0.4 is 10.6 Å². The molecule has 0 radical (unpaired) electrons. The van der Waals surface area contributed by atoms with Gasteiger partial charge < -0.3 is 25.6 Å².